The van der Waals surface area contributed by atoms with Gasteiger partial charge in [0, 0.05) is 47.5 Å². The molecule has 1 aromatic heterocycles. The van der Waals surface area contributed by atoms with E-state index in [4.69, 9.17) is 18.6 Å². The highest BCUT2D eigenvalue weighted by Crippen LogP contribution is 2.76. The summed E-state index contributed by atoms with van der Waals surface area (Å²) in [5.74, 6) is -7.96. The fraction of sp³-hybridized carbons (Fsp3) is 0.714. The molecule has 12 unspecified atom stereocenters. The van der Waals surface area contributed by atoms with Gasteiger partial charge in [0.15, 0.2) is 6.10 Å². The first-order valence-electron chi connectivity index (χ1n) is 13.5. The van der Waals surface area contributed by atoms with Crippen molar-refractivity contribution in [1.29, 1.82) is 0 Å². The van der Waals surface area contributed by atoms with Gasteiger partial charge in [-0.2, -0.15) is 0 Å². The molecule has 5 fully saturated rings. The van der Waals surface area contributed by atoms with Gasteiger partial charge >= 0.3 is 17.9 Å². The number of furan rings is 1. The Hall–Kier alpha value is -2.80. The maximum Gasteiger partial charge on any atom is 0.335 e. The Morgan fingerprint density at radius 1 is 1.20 bits per heavy atom. The van der Waals surface area contributed by atoms with Crippen LogP contribution in [0.25, 0.3) is 0 Å². The van der Waals surface area contributed by atoms with Gasteiger partial charge in [0.25, 0.3) is 0 Å². The molecular formula is C28H34O12. The van der Waals surface area contributed by atoms with Crippen molar-refractivity contribution < 1.29 is 58.2 Å². The number of Topliss-reactive ketones (excluding diaryl/α,β-unsaturated/α-hetero) is 1. The van der Waals surface area contributed by atoms with Crippen molar-refractivity contribution in [3.05, 3.63) is 24.2 Å². The fourth-order valence-electron chi connectivity index (χ4n) is 9.79. The smallest absolute Gasteiger partial charge is 0.335 e. The number of aliphatic hydroxyl groups excluding tert-OH is 2. The second-order valence-electron chi connectivity index (χ2n) is 12.8. The number of fused-ring (bicyclic) bond motifs is 5. The minimum Gasteiger partial charge on any atom is -0.472 e. The summed E-state index contributed by atoms with van der Waals surface area (Å²) in [4.78, 5) is 52.2. The quantitative estimate of drug-likeness (QED) is 0.288. The number of methoxy groups -OCH3 is 1. The van der Waals surface area contributed by atoms with Crippen LogP contribution >= 0.6 is 0 Å². The molecule has 0 aromatic carbocycles. The Balaban J connectivity index is 1.57. The lowest BCUT2D eigenvalue weighted by Gasteiger charge is -2.70. The Bertz CT molecular complexity index is 1290. The molecule has 2 bridgehead atoms. The van der Waals surface area contributed by atoms with E-state index in [1.807, 2.05) is 0 Å². The van der Waals surface area contributed by atoms with Crippen LogP contribution < -0.4 is 0 Å². The maximum atomic E-state index is 14.1. The Morgan fingerprint density at radius 3 is 2.50 bits per heavy atom. The van der Waals surface area contributed by atoms with Crippen LogP contribution in [0.3, 0.4) is 0 Å². The molecule has 12 heteroatoms. The molecule has 1 saturated heterocycles. The summed E-state index contributed by atoms with van der Waals surface area (Å²) in [7, 11) is 1.09. The van der Waals surface area contributed by atoms with Gasteiger partial charge in [-0.15, -0.1) is 0 Å². The van der Waals surface area contributed by atoms with Gasteiger partial charge in [-0.3, -0.25) is 14.4 Å². The third-order valence-electron chi connectivity index (χ3n) is 11.2. The average molecular weight is 563 g/mol. The van der Waals surface area contributed by atoms with E-state index >= 15 is 0 Å². The Labute approximate surface area is 229 Å². The molecule has 4 saturated carbocycles. The molecule has 40 heavy (non-hydrogen) atoms. The monoisotopic (exact) mass is 562 g/mol. The lowest BCUT2D eigenvalue weighted by molar-refractivity contribution is -0.364. The van der Waals surface area contributed by atoms with Crippen LogP contribution in [0.1, 0.15) is 58.1 Å². The van der Waals surface area contributed by atoms with Crippen LogP contribution in [0.15, 0.2) is 23.0 Å². The number of hydrogen-bond acceptors (Lipinski definition) is 12. The topological polar surface area (TPSA) is 190 Å². The van der Waals surface area contributed by atoms with Gasteiger partial charge in [0.1, 0.15) is 28.7 Å². The van der Waals surface area contributed by atoms with Crippen molar-refractivity contribution in [1.82, 2.24) is 0 Å². The van der Waals surface area contributed by atoms with Gasteiger partial charge < -0.3 is 39.1 Å². The molecule has 0 amide bonds. The normalized spacial score (nSPS) is 49.5. The van der Waals surface area contributed by atoms with Crippen molar-refractivity contribution >= 4 is 23.7 Å². The molecule has 4 aliphatic carbocycles. The number of cyclic esters (lactones) is 1. The summed E-state index contributed by atoms with van der Waals surface area (Å²) in [5.41, 5.74) is -8.77. The van der Waals surface area contributed by atoms with E-state index in [2.05, 4.69) is 0 Å². The lowest BCUT2D eigenvalue weighted by atomic mass is 9.39. The summed E-state index contributed by atoms with van der Waals surface area (Å²) >= 11 is 0. The van der Waals surface area contributed by atoms with E-state index in [9.17, 15) is 39.6 Å². The average Bonchev–Trinajstić information content (AvgIpc) is 3.55. The molecule has 4 N–H and O–H groups in total. The second-order valence-corrected chi connectivity index (χ2v) is 12.8. The number of carbonyl (C=O) groups excluding carboxylic acids is 4. The van der Waals surface area contributed by atoms with E-state index in [1.165, 1.54) is 12.5 Å². The SMILES string of the molecule is COC(=O)C(O)C1C2C3CCC4(C)C(c5ccoc5)OC(=O)CC4(O)C3(O)C(O)C3C(=O)C1(C)CC32OC(C)=O. The lowest BCUT2D eigenvalue weighted by Crippen LogP contribution is -2.84. The van der Waals surface area contributed by atoms with Gasteiger partial charge in [-0.05, 0) is 18.9 Å². The van der Waals surface area contributed by atoms with Crippen LogP contribution in [-0.2, 0) is 33.4 Å². The van der Waals surface area contributed by atoms with Gasteiger partial charge in [-0.25, -0.2) is 4.79 Å². The highest BCUT2D eigenvalue weighted by atomic mass is 16.6. The first-order chi connectivity index (χ1) is 18.6. The predicted octanol–water partition coefficient (Wildman–Crippen LogP) is 0.198. The minimum atomic E-state index is -2.49. The summed E-state index contributed by atoms with van der Waals surface area (Å²) < 4.78 is 21.5. The number of esters is 3. The van der Waals surface area contributed by atoms with Gasteiger partial charge in [0.05, 0.1) is 38.1 Å². The highest BCUT2D eigenvalue weighted by molar-refractivity contribution is 5.95. The minimum absolute atomic E-state index is 0.0918. The zero-order chi connectivity index (χ0) is 29.2. The van der Waals surface area contributed by atoms with E-state index in [1.54, 1.807) is 19.9 Å². The molecule has 12 nitrogen and oxygen atoms in total. The molecule has 218 valence electrons. The number of hydrogen-bond donors (Lipinski definition) is 4. The first kappa shape index (κ1) is 27.4. The third-order valence-corrected chi connectivity index (χ3v) is 11.2. The van der Waals surface area contributed by atoms with Gasteiger partial charge in [-0.1, -0.05) is 13.8 Å². The van der Waals surface area contributed by atoms with Crippen molar-refractivity contribution in [2.45, 2.75) is 81.6 Å². The van der Waals surface area contributed by atoms with Crippen molar-refractivity contribution in [2.24, 2.45) is 34.5 Å². The van der Waals surface area contributed by atoms with Crippen LogP contribution in [-0.4, -0.2) is 80.2 Å². The highest BCUT2D eigenvalue weighted by Gasteiger charge is 2.88. The van der Waals surface area contributed by atoms with E-state index in [0.29, 0.717) is 5.56 Å². The maximum absolute atomic E-state index is 14.1. The van der Waals surface area contributed by atoms with Crippen molar-refractivity contribution in [2.75, 3.05) is 7.11 Å². The standard InChI is InChI=1S/C28H34O12/c1-12(29)40-26-11-24(2)17(19(31)23(34)37-4)16(26)14-5-7-25(3)22(13-6-8-38-10-13)39-15(30)9-27(25,35)28(14,36)21(33)18(26)20(24)32/h6,8,10,14,16-19,21-22,31,33,35-36H,5,7,9,11H2,1-4H3. The summed E-state index contributed by atoms with van der Waals surface area (Å²) in [6.07, 6.45) is -2.54. The fourth-order valence-corrected chi connectivity index (χ4v) is 9.79. The first-order valence-corrected chi connectivity index (χ1v) is 13.5. The number of rotatable bonds is 4. The third kappa shape index (κ3) is 2.85. The number of ether oxygens (including phenoxy) is 3. The van der Waals surface area contributed by atoms with E-state index in [0.717, 1.165) is 14.0 Å². The number of ketones is 1. The molecular weight excluding hydrogens is 528 g/mol. The molecule has 0 spiro atoms. The van der Waals surface area contributed by atoms with Crippen LogP contribution in [0.4, 0.5) is 0 Å². The number of aliphatic hydroxyl groups is 4. The Kier molecular flexibility index (Phi) is 5.58. The summed E-state index contributed by atoms with van der Waals surface area (Å²) in [6, 6.07) is 1.58. The van der Waals surface area contributed by atoms with Crippen molar-refractivity contribution in [3.63, 3.8) is 0 Å². The summed E-state index contributed by atoms with van der Waals surface area (Å²) in [5, 5.41) is 48.4. The largest absolute Gasteiger partial charge is 0.472 e. The zero-order valence-electron chi connectivity index (χ0n) is 22.7. The molecule has 2 heterocycles. The number of carbonyl (C=O) groups is 4. The molecule has 12 atom stereocenters. The Morgan fingerprint density at radius 2 is 1.90 bits per heavy atom. The molecule has 1 aliphatic heterocycles. The van der Waals surface area contributed by atoms with Crippen LogP contribution in [0.5, 0.6) is 0 Å². The van der Waals surface area contributed by atoms with Crippen molar-refractivity contribution in [3.8, 4) is 0 Å². The zero-order valence-corrected chi connectivity index (χ0v) is 22.7. The van der Waals surface area contributed by atoms with Crippen LogP contribution in [0, 0.1) is 34.5 Å². The molecule has 5 aliphatic rings. The van der Waals surface area contributed by atoms with E-state index < -0.39 is 99.7 Å². The molecule has 0 radical (unpaired) electrons. The second kappa shape index (κ2) is 8.15. The molecule has 6 rings (SSSR count). The van der Waals surface area contributed by atoms with E-state index in [-0.39, 0.29) is 19.3 Å². The molecule has 1 aromatic rings. The summed E-state index contributed by atoms with van der Waals surface area (Å²) in [6.45, 7) is 4.36. The van der Waals surface area contributed by atoms with Gasteiger partial charge in [0.2, 0.25) is 0 Å². The predicted molar refractivity (Wildman–Crippen MR) is 130 cm³/mol. The van der Waals surface area contributed by atoms with Crippen LogP contribution in [0.2, 0.25) is 0 Å².